The Morgan fingerprint density at radius 1 is 0.957 bits per heavy atom. The zero-order chi connectivity index (χ0) is 16.2. The summed E-state index contributed by atoms with van der Waals surface area (Å²) in [7, 11) is 0. The fourth-order valence-corrected chi connectivity index (χ4v) is 6.99. The molecule has 3 saturated carbocycles. The third-order valence-electron chi connectivity index (χ3n) is 8.44. The highest BCUT2D eigenvalue weighted by Crippen LogP contribution is 2.63. The molecule has 0 bridgehead atoms. The van der Waals surface area contributed by atoms with E-state index < -0.39 is 0 Å². The minimum atomic E-state index is -0.0137. The van der Waals surface area contributed by atoms with Gasteiger partial charge < -0.3 is 5.32 Å². The summed E-state index contributed by atoms with van der Waals surface area (Å²) < 4.78 is 0. The van der Waals surface area contributed by atoms with Gasteiger partial charge in [-0.05, 0) is 74.0 Å². The number of ketones is 1. The summed E-state index contributed by atoms with van der Waals surface area (Å²) in [6.07, 6.45) is 9.71. The molecule has 4 fully saturated rings. The van der Waals surface area contributed by atoms with Crippen LogP contribution in [0.1, 0.15) is 71.6 Å². The third kappa shape index (κ3) is 2.21. The number of carbonyl (C=O) groups is 2. The Morgan fingerprint density at radius 2 is 1.78 bits per heavy atom. The summed E-state index contributed by atoms with van der Waals surface area (Å²) in [5.41, 5.74) is 0.351. The van der Waals surface area contributed by atoms with Crippen molar-refractivity contribution in [3.8, 4) is 0 Å². The van der Waals surface area contributed by atoms with E-state index >= 15 is 0 Å². The molecule has 0 spiro atoms. The van der Waals surface area contributed by atoms with Crippen molar-refractivity contribution in [2.24, 2.45) is 34.5 Å². The fraction of sp³-hybridized carbons (Fsp3) is 0.900. The Balaban J connectivity index is 1.62. The second kappa shape index (κ2) is 5.32. The molecule has 4 rings (SSSR count). The van der Waals surface area contributed by atoms with Crippen LogP contribution in [0.2, 0.25) is 0 Å². The van der Waals surface area contributed by atoms with E-state index in [1.165, 1.54) is 25.7 Å². The molecule has 4 aliphatic rings. The van der Waals surface area contributed by atoms with Crippen molar-refractivity contribution in [3.05, 3.63) is 0 Å². The number of rotatable bonds is 0. The summed E-state index contributed by atoms with van der Waals surface area (Å²) in [6.45, 7) is 5.64. The lowest BCUT2D eigenvalue weighted by Crippen LogP contribution is -2.54. The van der Waals surface area contributed by atoms with Crippen LogP contribution in [0.15, 0.2) is 0 Å². The highest BCUT2D eigenvalue weighted by atomic mass is 16.1. The molecule has 0 radical (unpaired) electrons. The standard InChI is InChI=1S/C20H31NO2/c1-19-10-3-4-18(23)21-12-13(19)5-6-14-15-7-8-17(22)20(15,2)11-9-16(14)19/h13-16H,3-12H2,1-2H3,(H,21,23)/t13-,14-,15?,16?,19-,20-/m0/s1. The molecule has 3 aliphatic carbocycles. The molecule has 0 aromatic carbocycles. The minimum Gasteiger partial charge on any atom is -0.356 e. The first kappa shape index (κ1) is 15.7. The van der Waals surface area contributed by atoms with Gasteiger partial charge in [-0.3, -0.25) is 9.59 Å². The first-order valence-electron chi connectivity index (χ1n) is 9.75. The number of nitrogens with one attached hydrogen (secondary N) is 1. The number of hydrogen-bond acceptors (Lipinski definition) is 2. The monoisotopic (exact) mass is 317 g/mol. The van der Waals surface area contributed by atoms with E-state index in [0.29, 0.717) is 29.5 Å². The molecule has 3 nitrogen and oxygen atoms in total. The van der Waals surface area contributed by atoms with Crippen molar-refractivity contribution < 1.29 is 9.59 Å². The molecule has 23 heavy (non-hydrogen) atoms. The van der Waals surface area contributed by atoms with Crippen LogP contribution in [-0.4, -0.2) is 18.2 Å². The zero-order valence-corrected chi connectivity index (χ0v) is 14.7. The Hall–Kier alpha value is -0.860. The van der Waals surface area contributed by atoms with Crippen LogP contribution in [0.4, 0.5) is 0 Å². The maximum atomic E-state index is 12.5. The van der Waals surface area contributed by atoms with Gasteiger partial charge in [-0.1, -0.05) is 13.8 Å². The molecule has 1 N–H and O–H groups in total. The maximum absolute atomic E-state index is 12.5. The number of carbonyl (C=O) groups excluding carboxylic acids is 2. The maximum Gasteiger partial charge on any atom is 0.220 e. The summed E-state index contributed by atoms with van der Waals surface area (Å²) in [5, 5.41) is 3.17. The van der Waals surface area contributed by atoms with E-state index in [0.717, 1.165) is 44.1 Å². The topological polar surface area (TPSA) is 46.2 Å². The van der Waals surface area contributed by atoms with Crippen LogP contribution >= 0.6 is 0 Å². The third-order valence-corrected chi connectivity index (χ3v) is 8.44. The summed E-state index contributed by atoms with van der Waals surface area (Å²) >= 11 is 0. The second-order valence-corrected chi connectivity index (χ2v) is 9.23. The Kier molecular flexibility index (Phi) is 3.62. The van der Waals surface area contributed by atoms with Crippen molar-refractivity contribution in [3.63, 3.8) is 0 Å². The van der Waals surface area contributed by atoms with Gasteiger partial charge in [0.2, 0.25) is 5.91 Å². The predicted molar refractivity (Wildman–Crippen MR) is 89.7 cm³/mol. The van der Waals surface area contributed by atoms with E-state index in [-0.39, 0.29) is 11.3 Å². The van der Waals surface area contributed by atoms with Crippen LogP contribution in [0.3, 0.4) is 0 Å². The van der Waals surface area contributed by atoms with E-state index in [4.69, 9.17) is 0 Å². The molecule has 2 unspecified atom stereocenters. The molecular formula is C20H31NO2. The zero-order valence-electron chi connectivity index (χ0n) is 14.7. The van der Waals surface area contributed by atoms with Crippen molar-refractivity contribution in [1.29, 1.82) is 0 Å². The van der Waals surface area contributed by atoms with Crippen LogP contribution in [0.5, 0.6) is 0 Å². The van der Waals surface area contributed by atoms with E-state index in [1.807, 2.05) is 0 Å². The molecule has 0 aromatic rings. The highest BCUT2D eigenvalue weighted by Gasteiger charge is 2.59. The van der Waals surface area contributed by atoms with Crippen LogP contribution in [0.25, 0.3) is 0 Å². The molecule has 1 amide bonds. The quantitative estimate of drug-likeness (QED) is 0.740. The lowest BCUT2D eigenvalue weighted by molar-refractivity contribution is -0.138. The lowest BCUT2D eigenvalue weighted by atomic mass is 9.46. The van der Waals surface area contributed by atoms with Crippen LogP contribution in [-0.2, 0) is 9.59 Å². The van der Waals surface area contributed by atoms with Crippen molar-refractivity contribution in [1.82, 2.24) is 5.32 Å². The van der Waals surface area contributed by atoms with Gasteiger partial charge in [0.1, 0.15) is 5.78 Å². The summed E-state index contributed by atoms with van der Waals surface area (Å²) in [6, 6.07) is 0. The van der Waals surface area contributed by atoms with Crippen molar-refractivity contribution >= 4 is 11.7 Å². The molecular weight excluding hydrogens is 286 g/mol. The predicted octanol–water partition coefficient (Wildman–Crippen LogP) is 3.71. The highest BCUT2D eigenvalue weighted by molar-refractivity contribution is 5.87. The Bertz CT molecular complexity index is 530. The van der Waals surface area contributed by atoms with Crippen molar-refractivity contribution in [2.75, 3.05) is 6.54 Å². The number of amides is 1. The Morgan fingerprint density at radius 3 is 2.61 bits per heavy atom. The average Bonchev–Trinajstić information content (AvgIpc) is 2.81. The first-order chi connectivity index (χ1) is 10.9. The van der Waals surface area contributed by atoms with E-state index in [1.54, 1.807) is 0 Å². The molecule has 6 atom stereocenters. The number of Topliss-reactive ketones (excluding diaryl/α,β-unsaturated/α-hetero) is 1. The lowest BCUT2D eigenvalue weighted by Gasteiger charge is -2.58. The van der Waals surface area contributed by atoms with Gasteiger partial charge in [-0.15, -0.1) is 0 Å². The molecule has 3 heteroatoms. The molecule has 1 heterocycles. The number of fused-ring (bicyclic) bond motifs is 5. The fourth-order valence-electron chi connectivity index (χ4n) is 6.99. The molecule has 1 aliphatic heterocycles. The molecule has 128 valence electrons. The SMILES string of the molecule is C[C@]12CCC3[C@@H](CC[C@H]4CNC(=O)CCC[C@]34C)C1CCC2=O. The number of hydrogen-bond donors (Lipinski definition) is 1. The van der Waals surface area contributed by atoms with Crippen LogP contribution in [0, 0.1) is 34.5 Å². The van der Waals surface area contributed by atoms with Gasteiger partial charge in [-0.2, -0.15) is 0 Å². The van der Waals surface area contributed by atoms with E-state index in [2.05, 4.69) is 19.2 Å². The first-order valence-corrected chi connectivity index (χ1v) is 9.75. The largest absolute Gasteiger partial charge is 0.356 e. The molecule has 1 saturated heterocycles. The van der Waals surface area contributed by atoms with E-state index in [9.17, 15) is 9.59 Å². The second-order valence-electron chi connectivity index (χ2n) is 9.23. The van der Waals surface area contributed by atoms with Crippen LogP contribution < -0.4 is 5.32 Å². The van der Waals surface area contributed by atoms with Gasteiger partial charge in [-0.25, -0.2) is 0 Å². The van der Waals surface area contributed by atoms with Gasteiger partial charge in [0.15, 0.2) is 0 Å². The minimum absolute atomic E-state index is 0.0137. The van der Waals surface area contributed by atoms with Gasteiger partial charge in [0.25, 0.3) is 0 Å². The van der Waals surface area contributed by atoms with Crippen molar-refractivity contribution in [2.45, 2.75) is 71.6 Å². The Labute approximate surface area is 140 Å². The molecule has 0 aromatic heterocycles. The van der Waals surface area contributed by atoms with Gasteiger partial charge in [0.05, 0.1) is 0 Å². The average molecular weight is 317 g/mol. The summed E-state index contributed by atoms with van der Waals surface area (Å²) in [5.74, 6) is 3.56. The normalized spacial score (nSPS) is 50.2. The smallest absolute Gasteiger partial charge is 0.220 e. The summed E-state index contributed by atoms with van der Waals surface area (Å²) in [4.78, 5) is 24.2. The van der Waals surface area contributed by atoms with Gasteiger partial charge in [0, 0.05) is 24.8 Å². The van der Waals surface area contributed by atoms with Gasteiger partial charge >= 0.3 is 0 Å².